The highest BCUT2D eigenvalue weighted by atomic mass is 19.1. The quantitative estimate of drug-likeness (QED) is 0.635. The Labute approximate surface area is 90.9 Å². The zero-order valence-electron chi connectivity index (χ0n) is 8.54. The van der Waals surface area contributed by atoms with Crippen LogP contribution in [0.25, 0.3) is 0 Å². The van der Waals surface area contributed by atoms with Gasteiger partial charge in [0.25, 0.3) is 0 Å². The van der Waals surface area contributed by atoms with Crippen molar-refractivity contribution < 1.29 is 18.3 Å². The molecule has 1 amide bonds. The second kappa shape index (κ2) is 5.79. The minimum absolute atomic E-state index is 0.0678. The van der Waals surface area contributed by atoms with Gasteiger partial charge in [-0.1, -0.05) is 0 Å². The number of nitrogens with zero attached hydrogens (tertiary/aromatic N) is 1. The van der Waals surface area contributed by atoms with Gasteiger partial charge < -0.3 is 4.74 Å². The molecular formula is C10H10F2N2O2. The number of halogens is 2. The van der Waals surface area contributed by atoms with Gasteiger partial charge in [0.15, 0.2) is 0 Å². The molecule has 0 saturated carbocycles. The highest BCUT2D eigenvalue weighted by Gasteiger charge is 2.01. The molecule has 4 nitrogen and oxygen atoms in total. The molecule has 6 heteroatoms. The first-order chi connectivity index (χ1) is 7.63. The third kappa shape index (κ3) is 3.64. The molecule has 0 aliphatic carbocycles. The summed E-state index contributed by atoms with van der Waals surface area (Å²) in [5, 5.41) is 3.44. The van der Waals surface area contributed by atoms with Gasteiger partial charge in [-0.2, -0.15) is 5.10 Å². The maximum absolute atomic E-state index is 13.0. The summed E-state index contributed by atoms with van der Waals surface area (Å²) < 4.78 is 30.1. The van der Waals surface area contributed by atoms with Gasteiger partial charge in [-0.05, 0) is 19.1 Å². The molecule has 0 spiro atoms. The summed E-state index contributed by atoms with van der Waals surface area (Å²) in [5.74, 6) is -1.43. The number of nitrogens with one attached hydrogen (secondary N) is 1. The maximum atomic E-state index is 13.0. The van der Waals surface area contributed by atoms with E-state index in [2.05, 4.69) is 9.84 Å². The van der Waals surface area contributed by atoms with Gasteiger partial charge in [-0.15, -0.1) is 0 Å². The molecule has 0 bridgehead atoms. The molecule has 0 radical (unpaired) electrons. The number of hydrogen-bond acceptors (Lipinski definition) is 3. The molecule has 0 saturated heterocycles. The van der Waals surface area contributed by atoms with Gasteiger partial charge in [-0.3, -0.25) is 0 Å². The van der Waals surface area contributed by atoms with E-state index in [1.807, 2.05) is 5.43 Å². The topological polar surface area (TPSA) is 50.7 Å². The van der Waals surface area contributed by atoms with E-state index in [0.717, 1.165) is 18.3 Å². The Kier molecular flexibility index (Phi) is 4.38. The van der Waals surface area contributed by atoms with Crippen molar-refractivity contribution in [2.75, 3.05) is 6.61 Å². The molecule has 1 aromatic carbocycles. The fourth-order valence-corrected chi connectivity index (χ4v) is 0.924. The van der Waals surface area contributed by atoms with Gasteiger partial charge in [0.1, 0.15) is 11.6 Å². The predicted octanol–water partition coefficient (Wildman–Crippen LogP) is 2.04. The van der Waals surface area contributed by atoms with E-state index in [-0.39, 0.29) is 12.2 Å². The minimum atomic E-state index is -0.755. The van der Waals surface area contributed by atoms with Crippen LogP contribution in [0.5, 0.6) is 0 Å². The van der Waals surface area contributed by atoms with Crippen LogP contribution >= 0.6 is 0 Å². The third-order valence-corrected chi connectivity index (χ3v) is 1.60. The number of carbonyl (C=O) groups excluding carboxylic acids is 1. The number of amides is 1. The van der Waals surface area contributed by atoms with Gasteiger partial charge in [0.05, 0.1) is 12.8 Å². The van der Waals surface area contributed by atoms with Gasteiger partial charge in [0, 0.05) is 11.6 Å². The average Bonchev–Trinajstić information content (AvgIpc) is 2.22. The van der Waals surface area contributed by atoms with Crippen LogP contribution in [0.4, 0.5) is 13.6 Å². The molecule has 0 aliphatic rings. The molecule has 0 fully saturated rings. The van der Waals surface area contributed by atoms with Crippen LogP contribution in [0, 0.1) is 11.6 Å². The Hall–Kier alpha value is -1.98. The zero-order chi connectivity index (χ0) is 12.0. The van der Waals surface area contributed by atoms with Crippen molar-refractivity contribution in [2.45, 2.75) is 6.92 Å². The van der Waals surface area contributed by atoms with Crippen LogP contribution < -0.4 is 5.43 Å². The van der Waals surface area contributed by atoms with Crippen LogP contribution in [0.15, 0.2) is 23.3 Å². The van der Waals surface area contributed by atoms with Gasteiger partial charge in [0.2, 0.25) is 0 Å². The van der Waals surface area contributed by atoms with E-state index in [1.54, 1.807) is 6.92 Å². The van der Waals surface area contributed by atoms with Crippen molar-refractivity contribution in [1.29, 1.82) is 0 Å². The highest BCUT2D eigenvalue weighted by Crippen LogP contribution is 2.06. The Morgan fingerprint density at radius 2 is 2.31 bits per heavy atom. The van der Waals surface area contributed by atoms with Crippen molar-refractivity contribution in [3.8, 4) is 0 Å². The third-order valence-electron chi connectivity index (χ3n) is 1.60. The van der Waals surface area contributed by atoms with Crippen LogP contribution in [-0.4, -0.2) is 18.9 Å². The molecule has 0 aromatic heterocycles. The van der Waals surface area contributed by atoms with Crippen molar-refractivity contribution in [3.63, 3.8) is 0 Å². The molecule has 0 unspecified atom stereocenters. The van der Waals surface area contributed by atoms with Crippen LogP contribution in [-0.2, 0) is 4.74 Å². The number of ether oxygens (including phenoxy) is 1. The molecular weight excluding hydrogens is 218 g/mol. The summed E-state index contributed by atoms with van der Waals surface area (Å²) in [5.41, 5.74) is 2.09. The predicted molar refractivity (Wildman–Crippen MR) is 54.1 cm³/mol. The van der Waals surface area contributed by atoms with Crippen molar-refractivity contribution >= 4 is 12.3 Å². The van der Waals surface area contributed by atoms with Gasteiger partial charge in [-0.25, -0.2) is 19.0 Å². The minimum Gasteiger partial charge on any atom is -0.449 e. The second-order valence-corrected chi connectivity index (χ2v) is 2.76. The van der Waals surface area contributed by atoms with E-state index in [1.165, 1.54) is 6.07 Å². The lowest BCUT2D eigenvalue weighted by Crippen LogP contribution is -2.18. The molecule has 86 valence electrons. The lowest BCUT2D eigenvalue weighted by Gasteiger charge is -1.99. The Balaban J connectivity index is 2.59. The van der Waals surface area contributed by atoms with Crippen LogP contribution in [0.2, 0.25) is 0 Å². The van der Waals surface area contributed by atoms with Crippen molar-refractivity contribution in [1.82, 2.24) is 5.43 Å². The summed E-state index contributed by atoms with van der Waals surface area (Å²) in [6.45, 7) is 1.86. The van der Waals surface area contributed by atoms with E-state index >= 15 is 0 Å². The molecule has 0 heterocycles. The first kappa shape index (κ1) is 12.1. The number of hydrazone groups is 1. The van der Waals surface area contributed by atoms with E-state index in [4.69, 9.17) is 0 Å². The summed E-state index contributed by atoms with van der Waals surface area (Å²) in [7, 11) is 0. The lowest BCUT2D eigenvalue weighted by molar-refractivity contribution is 0.152. The highest BCUT2D eigenvalue weighted by molar-refractivity contribution is 5.81. The second-order valence-electron chi connectivity index (χ2n) is 2.76. The smallest absolute Gasteiger partial charge is 0.427 e. The molecule has 0 aliphatic heterocycles. The van der Waals surface area contributed by atoms with E-state index < -0.39 is 17.7 Å². The standard InChI is InChI=1S/C10H10F2N2O2/c1-2-16-10(15)14-13-6-7-3-4-8(11)5-9(7)12/h3-6H,2H2,1H3,(H,14,15)/b13-6+. The first-order valence-electron chi connectivity index (χ1n) is 4.54. The summed E-state index contributed by atoms with van der Waals surface area (Å²) in [6.07, 6.45) is 0.326. The van der Waals surface area contributed by atoms with E-state index in [9.17, 15) is 13.6 Å². The first-order valence-corrected chi connectivity index (χ1v) is 4.54. The van der Waals surface area contributed by atoms with E-state index in [0.29, 0.717) is 0 Å². The maximum Gasteiger partial charge on any atom is 0.427 e. The molecule has 1 N–H and O–H groups in total. The lowest BCUT2D eigenvalue weighted by atomic mass is 10.2. The van der Waals surface area contributed by atoms with Crippen molar-refractivity contribution in [2.24, 2.45) is 5.10 Å². The molecule has 1 rings (SSSR count). The van der Waals surface area contributed by atoms with Crippen LogP contribution in [0.1, 0.15) is 12.5 Å². The van der Waals surface area contributed by atoms with Crippen LogP contribution in [0.3, 0.4) is 0 Å². The summed E-state index contributed by atoms with van der Waals surface area (Å²) in [6, 6.07) is 3.03. The average molecular weight is 228 g/mol. The molecule has 16 heavy (non-hydrogen) atoms. The van der Waals surface area contributed by atoms with Gasteiger partial charge >= 0.3 is 6.09 Å². The zero-order valence-corrected chi connectivity index (χ0v) is 8.54. The summed E-state index contributed by atoms with van der Waals surface area (Å²) in [4.78, 5) is 10.8. The Morgan fingerprint density at radius 1 is 1.56 bits per heavy atom. The number of rotatable bonds is 3. The fourth-order valence-electron chi connectivity index (χ4n) is 0.924. The number of carbonyl (C=O) groups is 1. The molecule has 1 aromatic rings. The number of benzene rings is 1. The number of hydrogen-bond donors (Lipinski definition) is 1. The Bertz CT molecular complexity index is 408. The monoisotopic (exact) mass is 228 g/mol. The summed E-state index contributed by atoms with van der Waals surface area (Å²) >= 11 is 0. The Morgan fingerprint density at radius 3 is 2.94 bits per heavy atom. The largest absolute Gasteiger partial charge is 0.449 e. The SMILES string of the molecule is CCOC(=O)N/N=C/c1ccc(F)cc1F. The molecule has 0 atom stereocenters. The normalized spacial score (nSPS) is 10.4. The van der Waals surface area contributed by atoms with Crippen molar-refractivity contribution in [3.05, 3.63) is 35.4 Å². The fraction of sp³-hybridized carbons (Fsp3) is 0.200.